The number of rotatable bonds is 1. The van der Waals surface area contributed by atoms with Crippen LogP contribution in [0.3, 0.4) is 0 Å². The second-order valence-electron chi connectivity index (χ2n) is 2.16. The van der Waals surface area contributed by atoms with Gasteiger partial charge in [-0.3, -0.25) is 0 Å². The molecule has 1 aromatic carbocycles. The van der Waals surface area contributed by atoms with Gasteiger partial charge in [-0.25, -0.2) is 8.42 Å². The molecule has 14 heavy (non-hydrogen) atoms. The van der Waals surface area contributed by atoms with Crippen molar-refractivity contribution in [2.75, 3.05) is 0 Å². The van der Waals surface area contributed by atoms with E-state index in [4.69, 9.17) is 28.3 Å². The monoisotopic (exact) mass is 264 g/mol. The summed E-state index contributed by atoms with van der Waals surface area (Å²) in [6.45, 7) is 0. The fourth-order valence-corrected chi connectivity index (χ4v) is 1.93. The summed E-state index contributed by atoms with van der Waals surface area (Å²) < 4.78 is 31.6. The predicted octanol–water partition coefficient (Wildman–Crippen LogP) is -1.39. The minimum absolute atomic E-state index is 0. The van der Waals surface area contributed by atoms with Gasteiger partial charge in [0.1, 0.15) is 20.9 Å². The van der Waals surface area contributed by atoms with Crippen LogP contribution in [-0.2, 0) is 10.1 Å². The maximum Gasteiger partial charge on any atom is 1.00 e. The molecular formula is C6H3Cl2NaO4S. The molecule has 0 spiro atoms. The Morgan fingerprint density at radius 2 is 1.71 bits per heavy atom. The second kappa shape index (κ2) is 5.03. The van der Waals surface area contributed by atoms with Crippen LogP contribution in [-0.4, -0.2) is 18.1 Å². The molecule has 0 radical (unpaired) electrons. The Hall–Kier alpha value is 0.510. The first-order chi connectivity index (χ1) is 5.84. The third-order valence-electron chi connectivity index (χ3n) is 1.30. The van der Waals surface area contributed by atoms with Crippen molar-refractivity contribution in [2.45, 2.75) is 4.90 Å². The molecule has 0 aliphatic heterocycles. The van der Waals surface area contributed by atoms with Gasteiger partial charge in [0.25, 0.3) is 0 Å². The van der Waals surface area contributed by atoms with Gasteiger partial charge < -0.3 is 9.66 Å². The number of aromatic hydroxyl groups is 1. The SMILES string of the molecule is O=S(=O)([O-])c1ccc(O)c(Cl)c1Cl.[Na+]. The van der Waals surface area contributed by atoms with E-state index in [0.29, 0.717) is 0 Å². The van der Waals surface area contributed by atoms with Crippen LogP contribution in [0.4, 0.5) is 0 Å². The number of benzene rings is 1. The zero-order chi connectivity index (χ0) is 10.2. The molecule has 0 saturated carbocycles. The Labute approximate surface area is 113 Å². The third-order valence-corrected chi connectivity index (χ3v) is 3.16. The quantitative estimate of drug-likeness (QED) is 0.501. The molecule has 0 aromatic heterocycles. The fraction of sp³-hybridized carbons (Fsp3) is 0. The maximum absolute atomic E-state index is 10.5. The minimum Gasteiger partial charge on any atom is -0.744 e. The summed E-state index contributed by atoms with van der Waals surface area (Å²) >= 11 is 10.8. The van der Waals surface area contributed by atoms with Gasteiger partial charge in [0.05, 0.1) is 9.92 Å². The van der Waals surface area contributed by atoms with E-state index < -0.39 is 20.0 Å². The molecule has 0 heterocycles. The molecule has 1 aromatic rings. The van der Waals surface area contributed by atoms with Crippen molar-refractivity contribution in [1.82, 2.24) is 0 Å². The molecule has 0 bridgehead atoms. The molecule has 1 rings (SSSR count). The van der Waals surface area contributed by atoms with Crippen molar-refractivity contribution in [3.63, 3.8) is 0 Å². The van der Waals surface area contributed by atoms with Gasteiger partial charge >= 0.3 is 29.6 Å². The Balaban J connectivity index is 0.00000169. The molecule has 0 fully saturated rings. The Morgan fingerprint density at radius 1 is 1.21 bits per heavy atom. The Morgan fingerprint density at radius 3 is 2.14 bits per heavy atom. The van der Waals surface area contributed by atoms with Crippen molar-refractivity contribution in [1.29, 1.82) is 0 Å². The van der Waals surface area contributed by atoms with Gasteiger partial charge in [-0.05, 0) is 12.1 Å². The number of hydrogen-bond donors (Lipinski definition) is 1. The van der Waals surface area contributed by atoms with Gasteiger partial charge in [0.2, 0.25) is 0 Å². The van der Waals surface area contributed by atoms with Crippen molar-refractivity contribution in [2.24, 2.45) is 0 Å². The van der Waals surface area contributed by atoms with E-state index in [1.54, 1.807) is 0 Å². The second-order valence-corrected chi connectivity index (χ2v) is 4.27. The van der Waals surface area contributed by atoms with Crippen LogP contribution in [0.2, 0.25) is 10.0 Å². The molecule has 72 valence electrons. The van der Waals surface area contributed by atoms with Crippen LogP contribution >= 0.6 is 23.2 Å². The number of phenols is 1. The molecule has 0 amide bonds. The summed E-state index contributed by atoms with van der Waals surface area (Å²) in [5.41, 5.74) is 0. The maximum atomic E-state index is 10.5. The van der Waals surface area contributed by atoms with Gasteiger partial charge in [0, 0.05) is 0 Å². The molecule has 0 atom stereocenters. The van der Waals surface area contributed by atoms with Crippen molar-refractivity contribution in [3.8, 4) is 5.75 Å². The van der Waals surface area contributed by atoms with E-state index in [1.807, 2.05) is 0 Å². The van der Waals surface area contributed by atoms with Crippen molar-refractivity contribution in [3.05, 3.63) is 22.2 Å². The standard InChI is InChI=1S/C6H4Cl2O4S.Na/c7-5-3(9)1-2-4(6(5)8)13(10,11)12;/h1-2,9H,(H,10,11,12);/q;+1/p-1. The average Bonchev–Trinajstić information content (AvgIpc) is 1.98. The average molecular weight is 265 g/mol. The topological polar surface area (TPSA) is 77.4 Å². The number of hydrogen-bond acceptors (Lipinski definition) is 4. The number of halogens is 2. The van der Waals surface area contributed by atoms with Crippen LogP contribution in [0, 0.1) is 0 Å². The fourth-order valence-electron chi connectivity index (χ4n) is 0.715. The summed E-state index contributed by atoms with van der Waals surface area (Å²) in [7, 11) is -4.65. The summed E-state index contributed by atoms with van der Waals surface area (Å²) in [5.74, 6) is -0.376. The van der Waals surface area contributed by atoms with Crippen molar-refractivity contribution >= 4 is 33.3 Å². The summed E-state index contributed by atoms with van der Waals surface area (Å²) in [6.07, 6.45) is 0. The first-order valence-corrected chi connectivity index (χ1v) is 5.13. The molecule has 1 N–H and O–H groups in total. The molecule has 0 unspecified atom stereocenters. The molecular weight excluding hydrogens is 262 g/mol. The van der Waals surface area contributed by atoms with Gasteiger partial charge in [-0.1, -0.05) is 23.2 Å². The zero-order valence-electron chi connectivity index (χ0n) is 6.99. The Bertz CT molecular complexity index is 445. The van der Waals surface area contributed by atoms with Crippen LogP contribution in [0.25, 0.3) is 0 Å². The summed E-state index contributed by atoms with van der Waals surface area (Å²) in [6, 6.07) is 1.88. The van der Waals surface area contributed by atoms with E-state index in [1.165, 1.54) is 0 Å². The smallest absolute Gasteiger partial charge is 0.744 e. The summed E-state index contributed by atoms with van der Waals surface area (Å²) in [4.78, 5) is -0.642. The van der Waals surface area contributed by atoms with Crippen LogP contribution < -0.4 is 29.6 Å². The first kappa shape index (κ1) is 14.5. The van der Waals surface area contributed by atoms with Crippen molar-refractivity contribution < 1.29 is 47.6 Å². The van der Waals surface area contributed by atoms with E-state index in [0.717, 1.165) is 12.1 Å². The van der Waals surface area contributed by atoms with E-state index in [9.17, 15) is 13.0 Å². The molecule has 4 nitrogen and oxygen atoms in total. The van der Waals surface area contributed by atoms with Crippen LogP contribution in [0.15, 0.2) is 17.0 Å². The van der Waals surface area contributed by atoms with E-state index >= 15 is 0 Å². The first-order valence-electron chi connectivity index (χ1n) is 2.97. The summed E-state index contributed by atoms with van der Waals surface area (Å²) in [5, 5.41) is 8.17. The third kappa shape index (κ3) is 3.00. The largest absolute Gasteiger partial charge is 1.00 e. The molecule has 8 heteroatoms. The Kier molecular flexibility index (Phi) is 5.21. The molecule has 0 saturated heterocycles. The predicted molar refractivity (Wildman–Crippen MR) is 46.1 cm³/mol. The molecule has 0 aliphatic carbocycles. The van der Waals surface area contributed by atoms with Crippen LogP contribution in [0.1, 0.15) is 0 Å². The molecule has 0 aliphatic rings. The number of phenolic OH excluding ortho intramolecular Hbond substituents is 1. The van der Waals surface area contributed by atoms with E-state index in [2.05, 4.69) is 0 Å². The van der Waals surface area contributed by atoms with E-state index in [-0.39, 0.29) is 40.3 Å². The van der Waals surface area contributed by atoms with Gasteiger partial charge in [-0.2, -0.15) is 0 Å². The van der Waals surface area contributed by atoms with Gasteiger partial charge in [-0.15, -0.1) is 0 Å². The zero-order valence-corrected chi connectivity index (χ0v) is 11.3. The normalized spacial score (nSPS) is 10.8. The minimum atomic E-state index is -4.65. The van der Waals surface area contributed by atoms with Crippen LogP contribution in [0.5, 0.6) is 5.75 Å². The van der Waals surface area contributed by atoms with Gasteiger partial charge in [0.15, 0.2) is 0 Å².